The van der Waals surface area contributed by atoms with Gasteiger partial charge < -0.3 is 14.9 Å². The Kier molecular flexibility index (Phi) is 5.69. The summed E-state index contributed by atoms with van der Waals surface area (Å²) >= 11 is 0. The molecule has 0 unspecified atom stereocenters. The third-order valence-electron chi connectivity index (χ3n) is 3.34. The average Bonchev–Trinajstić information content (AvgIpc) is 2.51. The lowest BCUT2D eigenvalue weighted by molar-refractivity contribution is -0.139. The first-order valence-electron chi connectivity index (χ1n) is 7.00. The van der Waals surface area contributed by atoms with Crippen LogP contribution in [-0.4, -0.2) is 33.2 Å². The monoisotopic (exact) mass is 335 g/mol. The molecule has 0 amide bonds. The molecule has 0 heterocycles. The van der Waals surface area contributed by atoms with E-state index in [2.05, 4.69) is 5.32 Å². The molecular weight excluding hydrogens is 317 g/mol. The van der Waals surface area contributed by atoms with Crippen LogP contribution >= 0.6 is 7.60 Å². The van der Waals surface area contributed by atoms with Crippen LogP contribution in [0.15, 0.2) is 54.6 Å². The molecular formula is C16H18NO5P. The largest absolute Gasteiger partial charge is 0.480 e. The molecule has 1 atom stereocenters. The van der Waals surface area contributed by atoms with E-state index in [1.165, 1.54) is 0 Å². The molecule has 2 aromatic rings. The van der Waals surface area contributed by atoms with Crippen molar-refractivity contribution < 1.29 is 24.3 Å². The topological polar surface area (TPSA) is 107 Å². The Morgan fingerprint density at radius 2 is 1.57 bits per heavy atom. The Labute approximate surface area is 134 Å². The van der Waals surface area contributed by atoms with Crippen molar-refractivity contribution in [1.29, 1.82) is 0 Å². The Morgan fingerprint density at radius 3 is 2.09 bits per heavy atom. The molecule has 0 bridgehead atoms. The molecule has 0 spiro atoms. The van der Waals surface area contributed by atoms with Gasteiger partial charge in [0.2, 0.25) is 0 Å². The third kappa shape index (κ3) is 5.62. The fraction of sp³-hybridized carbons (Fsp3) is 0.188. The van der Waals surface area contributed by atoms with Crippen LogP contribution in [0.25, 0.3) is 11.1 Å². The van der Waals surface area contributed by atoms with Gasteiger partial charge in [-0.25, -0.2) is 0 Å². The Balaban J connectivity index is 2.06. The highest BCUT2D eigenvalue weighted by Crippen LogP contribution is 2.32. The minimum absolute atomic E-state index is 0.143. The van der Waals surface area contributed by atoms with E-state index in [-0.39, 0.29) is 6.42 Å². The summed E-state index contributed by atoms with van der Waals surface area (Å²) in [5.41, 5.74) is 2.85. The predicted octanol–water partition coefficient (Wildman–Crippen LogP) is 2.07. The summed E-state index contributed by atoms with van der Waals surface area (Å²) in [6.45, 7) is 0. The van der Waals surface area contributed by atoms with E-state index in [0.29, 0.717) is 0 Å². The van der Waals surface area contributed by atoms with Gasteiger partial charge in [0.1, 0.15) is 6.04 Å². The minimum atomic E-state index is -4.29. The summed E-state index contributed by atoms with van der Waals surface area (Å²) in [5, 5.41) is 11.5. The molecule has 4 N–H and O–H groups in total. The number of nitrogens with one attached hydrogen (secondary N) is 1. The van der Waals surface area contributed by atoms with E-state index < -0.39 is 25.9 Å². The zero-order chi connectivity index (χ0) is 16.9. The van der Waals surface area contributed by atoms with E-state index in [1.54, 1.807) is 0 Å². The molecule has 6 nitrogen and oxygen atoms in total. The van der Waals surface area contributed by atoms with Gasteiger partial charge in [0.15, 0.2) is 0 Å². The van der Waals surface area contributed by atoms with E-state index >= 15 is 0 Å². The zero-order valence-electron chi connectivity index (χ0n) is 12.3. The van der Waals surface area contributed by atoms with Crippen LogP contribution in [-0.2, 0) is 15.8 Å². The molecule has 0 radical (unpaired) electrons. The van der Waals surface area contributed by atoms with Crippen molar-refractivity contribution in [3.05, 3.63) is 60.2 Å². The third-order valence-corrected chi connectivity index (χ3v) is 3.94. The van der Waals surface area contributed by atoms with Crippen LogP contribution in [0.2, 0.25) is 0 Å². The molecule has 0 fully saturated rings. The van der Waals surface area contributed by atoms with Gasteiger partial charge in [-0.2, -0.15) is 0 Å². The van der Waals surface area contributed by atoms with E-state index in [9.17, 15) is 9.36 Å². The quantitative estimate of drug-likeness (QED) is 0.577. The van der Waals surface area contributed by atoms with Crippen molar-refractivity contribution in [3.63, 3.8) is 0 Å². The molecule has 0 aliphatic carbocycles. The fourth-order valence-corrected chi connectivity index (χ4v) is 2.63. The predicted molar refractivity (Wildman–Crippen MR) is 87.1 cm³/mol. The maximum Gasteiger partial charge on any atom is 0.339 e. The lowest BCUT2D eigenvalue weighted by Gasteiger charge is -2.15. The summed E-state index contributed by atoms with van der Waals surface area (Å²) in [5.74, 6) is -1.15. The van der Waals surface area contributed by atoms with Crippen LogP contribution in [0.5, 0.6) is 0 Å². The van der Waals surface area contributed by atoms with Crippen molar-refractivity contribution in [2.75, 3.05) is 6.29 Å². The molecule has 0 aliphatic rings. The summed E-state index contributed by atoms with van der Waals surface area (Å²) in [6, 6.07) is 16.2. The molecule has 0 aliphatic heterocycles. The second-order valence-electron chi connectivity index (χ2n) is 5.18. The lowest BCUT2D eigenvalue weighted by atomic mass is 10.0. The molecule has 2 aromatic carbocycles. The van der Waals surface area contributed by atoms with Crippen LogP contribution < -0.4 is 5.32 Å². The highest BCUT2D eigenvalue weighted by molar-refractivity contribution is 7.51. The Bertz CT molecular complexity index is 696. The number of benzene rings is 2. The first-order valence-corrected chi connectivity index (χ1v) is 8.80. The fourth-order valence-electron chi connectivity index (χ4n) is 2.18. The van der Waals surface area contributed by atoms with E-state index in [4.69, 9.17) is 14.9 Å². The second kappa shape index (κ2) is 7.53. The maximum atomic E-state index is 11.2. The van der Waals surface area contributed by atoms with Gasteiger partial charge in [-0.05, 0) is 23.1 Å². The van der Waals surface area contributed by atoms with Crippen LogP contribution in [0.1, 0.15) is 5.56 Å². The van der Waals surface area contributed by atoms with Gasteiger partial charge in [0, 0.05) is 0 Å². The molecule has 0 saturated carbocycles. The van der Waals surface area contributed by atoms with Gasteiger partial charge in [-0.3, -0.25) is 14.7 Å². The maximum absolute atomic E-state index is 11.2. The first kappa shape index (κ1) is 17.4. The Morgan fingerprint density at radius 1 is 1.00 bits per heavy atom. The molecule has 7 heteroatoms. The molecule has 0 aromatic heterocycles. The minimum Gasteiger partial charge on any atom is -0.480 e. The van der Waals surface area contributed by atoms with Gasteiger partial charge in [0.05, 0.1) is 6.29 Å². The number of carboxylic acids is 1. The van der Waals surface area contributed by atoms with Gasteiger partial charge >= 0.3 is 13.6 Å². The Hall–Kier alpha value is -1.98. The summed E-state index contributed by atoms with van der Waals surface area (Å²) in [7, 11) is -4.29. The number of carbonyl (C=O) groups is 1. The summed E-state index contributed by atoms with van der Waals surface area (Å²) < 4.78 is 10.9. The number of hydrogen-bond donors (Lipinski definition) is 4. The molecule has 122 valence electrons. The van der Waals surface area contributed by atoms with Crippen LogP contribution in [0, 0.1) is 0 Å². The average molecular weight is 335 g/mol. The standard InChI is InChI=1S/C16H18NO5P/c18-16(19)15(17-11-23(20,21)22)10-12-6-8-14(9-7-12)13-4-2-1-3-5-13/h1-9,15,17H,10-11H2,(H,18,19)(H2,20,21,22)/t15-/m1/s1. The second-order valence-corrected chi connectivity index (χ2v) is 6.83. The van der Waals surface area contributed by atoms with Crippen molar-refractivity contribution in [1.82, 2.24) is 5.32 Å². The van der Waals surface area contributed by atoms with Crippen molar-refractivity contribution in [2.45, 2.75) is 12.5 Å². The first-order chi connectivity index (χ1) is 10.8. The smallest absolute Gasteiger partial charge is 0.339 e. The lowest BCUT2D eigenvalue weighted by Crippen LogP contribution is -2.39. The van der Waals surface area contributed by atoms with E-state index in [0.717, 1.165) is 16.7 Å². The van der Waals surface area contributed by atoms with Crippen molar-refractivity contribution >= 4 is 13.6 Å². The van der Waals surface area contributed by atoms with Crippen molar-refractivity contribution in [3.8, 4) is 11.1 Å². The summed E-state index contributed by atoms with van der Waals surface area (Å²) in [4.78, 5) is 28.9. The highest BCUT2D eigenvalue weighted by atomic mass is 31.2. The molecule has 23 heavy (non-hydrogen) atoms. The van der Waals surface area contributed by atoms with Crippen molar-refractivity contribution in [2.24, 2.45) is 0 Å². The summed E-state index contributed by atoms with van der Waals surface area (Å²) in [6.07, 6.45) is -0.517. The van der Waals surface area contributed by atoms with Gasteiger partial charge in [-0.1, -0.05) is 54.6 Å². The highest BCUT2D eigenvalue weighted by Gasteiger charge is 2.22. The SMILES string of the molecule is O=C(O)[C@@H](Cc1ccc(-c2ccccc2)cc1)NCP(=O)(O)O. The number of aliphatic carboxylic acids is 1. The molecule has 0 saturated heterocycles. The van der Waals surface area contributed by atoms with Gasteiger partial charge in [0.25, 0.3) is 0 Å². The normalized spacial score (nSPS) is 12.8. The molecule has 2 rings (SSSR count). The van der Waals surface area contributed by atoms with Crippen LogP contribution in [0.3, 0.4) is 0 Å². The van der Waals surface area contributed by atoms with Crippen LogP contribution in [0.4, 0.5) is 0 Å². The number of hydrogen-bond acceptors (Lipinski definition) is 3. The zero-order valence-corrected chi connectivity index (χ0v) is 13.2. The van der Waals surface area contributed by atoms with E-state index in [1.807, 2.05) is 54.6 Å². The number of carboxylic acid groups (broad SMARTS) is 1. The number of rotatable bonds is 7. The van der Waals surface area contributed by atoms with Gasteiger partial charge in [-0.15, -0.1) is 0 Å².